The third-order valence-electron chi connectivity index (χ3n) is 7.02. The Morgan fingerprint density at radius 3 is 2.61 bits per heavy atom. The van der Waals surface area contributed by atoms with Gasteiger partial charge in [0.05, 0.1) is 28.7 Å². The summed E-state index contributed by atoms with van der Waals surface area (Å²) >= 11 is 0. The predicted octanol–water partition coefficient (Wildman–Crippen LogP) is 4.00. The summed E-state index contributed by atoms with van der Waals surface area (Å²) in [6, 6.07) is 7.72. The van der Waals surface area contributed by atoms with E-state index in [-0.39, 0.29) is 17.5 Å². The van der Waals surface area contributed by atoms with Gasteiger partial charge in [-0.25, -0.2) is 27.2 Å². The molecule has 0 saturated heterocycles. The van der Waals surface area contributed by atoms with Crippen molar-refractivity contribution in [3.63, 3.8) is 0 Å². The fourth-order valence-electron chi connectivity index (χ4n) is 5.02. The molecular formula is C27H30FN7O2S. The molecular weight excluding hydrogens is 505 g/mol. The zero-order valence-electron chi connectivity index (χ0n) is 21.6. The molecule has 1 saturated carbocycles. The van der Waals surface area contributed by atoms with Gasteiger partial charge < -0.3 is 5.32 Å². The third kappa shape index (κ3) is 5.00. The van der Waals surface area contributed by atoms with Gasteiger partial charge in [0, 0.05) is 41.2 Å². The van der Waals surface area contributed by atoms with E-state index in [2.05, 4.69) is 30.3 Å². The van der Waals surface area contributed by atoms with Crippen LogP contribution in [-0.4, -0.2) is 51.6 Å². The minimum absolute atomic E-state index is 0.0227. The molecule has 0 aliphatic heterocycles. The van der Waals surface area contributed by atoms with Crippen molar-refractivity contribution in [1.82, 2.24) is 29.7 Å². The van der Waals surface area contributed by atoms with E-state index in [4.69, 9.17) is 0 Å². The maximum Gasteiger partial charge on any atom is 0.241 e. The summed E-state index contributed by atoms with van der Waals surface area (Å²) in [5.74, 6) is 1.04. The van der Waals surface area contributed by atoms with Gasteiger partial charge >= 0.3 is 0 Å². The van der Waals surface area contributed by atoms with E-state index in [1.54, 1.807) is 23.3 Å². The van der Waals surface area contributed by atoms with E-state index in [0.29, 0.717) is 30.0 Å². The van der Waals surface area contributed by atoms with Crippen LogP contribution < -0.4 is 10.0 Å². The zero-order valence-corrected chi connectivity index (χ0v) is 22.4. The summed E-state index contributed by atoms with van der Waals surface area (Å²) in [5, 5.41) is 13.0. The molecule has 9 nitrogen and oxygen atoms in total. The molecule has 198 valence electrons. The second kappa shape index (κ2) is 9.09. The lowest BCUT2D eigenvalue weighted by Gasteiger charge is -2.18. The smallest absolute Gasteiger partial charge is 0.241 e. The van der Waals surface area contributed by atoms with Gasteiger partial charge in [-0.05, 0) is 81.8 Å². The number of hydrogen-bond donors (Lipinski definition) is 2. The molecule has 2 aliphatic rings. The molecule has 0 bridgehead atoms. The molecule has 38 heavy (non-hydrogen) atoms. The van der Waals surface area contributed by atoms with E-state index in [1.807, 2.05) is 31.2 Å². The highest BCUT2D eigenvalue weighted by molar-refractivity contribution is 7.89. The first-order valence-corrected chi connectivity index (χ1v) is 14.3. The van der Waals surface area contributed by atoms with Crippen molar-refractivity contribution in [3.8, 4) is 5.82 Å². The number of halogens is 1. The van der Waals surface area contributed by atoms with Crippen LogP contribution in [0, 0.1) is 6.92 Å². The van der Waals surface area contributed by atoms with Gasteiger partial charge in [0.2, 0.25) is 10.0 Å². The Balaban J connectivity index is 1.32. The summed E-state index contributed by atoms with van der Waals surface area (Å²) < 4.78 is 45.7. The van der Waals surface area contributed by atoms with Gasteiger partial charge in [-0.1, -0.05) is 5.21 Å². The van der Waals surface area contributed by atoms with Crippen LogP contribution in [0.2, 0.25) is 0 Å². The number of hydrogen-bond acceptors (Lipinski definition) is 7. The fraction of sp³-hybridized carbons (Fsp3) is 0.407. The van der Waals surface area contributed by atoms with Crippen LogP contribution in [0.3, 0.4) is 0 Å². The van der Waals surface area contributed by atoms with E-state index in [9.17, 15) is 12.8 Å². The molecule has 0 unspecified atom stereocenters. The van der Waals surface area contributed by atoms with E-state index >= 15 is 0 Å². The van der Waals surface area contributed by atoms with Crippen LogP contribution in [0.5, 0.6) is 0 Å². The second-order valence-corrected chi connectivity index (χ2v) is 12.7. The first-order chi connectivity index (χ1) is 18.1. The molecule has 0 amide bonds. The summed E-state index contributed by atoms with van der Waals surface area (Å²) in [4.78, 5) is 9.34. The Morgan fingerprint density at radius 2 is 1.95 bits per heavy atom. The molecule has 3 heterocycles. The normalized spacial score (nSPS) is 17.6. The fourth-order valence-corrected chi connectivity index (χ4v) is 6.70. The molecule has 1 fully saturated rings. The monoisotopic (exact) mass is 535 g/mol. The number of aromatic nitrogens is 5. The van der Waals surface area contributed by atoms with Crippen molar-refractivity contribution in [2.75, 3.05) is 11.9 Å². The number of alkyl halides is 1. The summed E-state index contributed by atoms with van der Waals surface area (Å²) in [7, 11) is -3.97. The Kier molecular flexibility index (Phi) is 5.95. The highest BCUT2D eigenvalue weighted by Gasteiger charge is 2.33. The number of nitrogens with zero attached hydrogens (tertiary/aromatic N) is 5. The molecule has 1 aromatic carbocycles. The number of fused-ring (bicyclic) bond motifs is 2. The SMILES string of the molecule is Cc1cn(-c2ccc(N[C@@H]3Cc4cc5cnc(C6CC6)cc5c(S(=O)(=O)NCC(C)(C)F)c4C3)cn2)nn1. The average Bonchev–Trinajstić information content (AvgIpc) is 3.51. The van der Waals surface area contributed by atoms with Gasteiger partial charge in [-0.3, -0.25) is 4.98 Å². The predicted molar refractivity (Wildman–Crippen MR) is 143 cm³/mol. The molecule has 0 spiro atoms. The maximum absolute atomic E-state index is 14.3. The van der Waals surface area contributed by atoms with Crippen LogP contribution in [0.4, 0.5) is 10.1 Å². The lowest BCUT2D eigenvalue weighted by molar-refractivity contribution is 0.221. The van der Waals surface area contributed by atoms with Crippen LogP contribution >= 0.6 is 0 Å². The number of sulfonamides is 1. The van der Waals surface area contributed by atoms with Gasteiger partial charge in [-0.15, -0.1) is 5.10 Å². The van der Waals surface area contributed by atoms with Gasteiger partial charge in [-0.2, -0.15) is 0 Å². The number of aryl methyl sites for hydroxylation is 1. The Labute approximate surface area is 220 Å². The summed E-state index contributed by atoms with van der Waals surface area (Å²) in [5.41, 5.74) is 2.61. The largest absolute Gasteiger partial charge is 0.380 e. The Morgan fingerprint density at radius 1 is 1.13 bits per heavy atom. The zero-order chi connectivity index (χ0) is 26.7. The Bertz CT molecular complexity index is 1620. The van der Waals surface area contributed by atoms with Crippen molar-refractivity contribution >= 4 is 26.5 Å². The van der Waals surface area contributed by atoms with Crippen molar-refractivity contribution < 1.29 is 12.8 Å². The Hall–Kier alpha value is -3.44. The lowest BCUT2D eigenvalue weighted by atomic mass is 10.0. The highest BCUT2D eigenvalue weighted by Crippen LogP contribution is 2.42. The number of benzene rings is 1. The maximum atomic E-state index is 14.3. The van der Waals surface area contributed by atoms with Crippen LogP contribution in [0.25, 0.3) is 16.6 Å². The summed E-state index contributed by atoms with van der Waals surface area (Å²) in [6.45, 7) is 4.29. The van der Waals surface area contributed by atoms with Gasteiger partial charge in [0.1, 0.15) is 5.67 Å². The van der Waals surface area contributed by atoms with Crippen molar-refractivity contribution in [2.45, 2.75) is 69.0 Å². The first-order valence-electron chi connectivity index (χ1n) is 12.8. The molecule has 2 aliphatic carbocycles. The quantitative estimate of drug-likeness (QED) is 0.350. The van der Waals surface area contributed by atoms with E-state index < -0.39 is 15.7 Å². The topological polar surface area (TPSA) is 115 Å². The van der Waals surface area contributed by atoms with Crippen molar-refractivity contribution in [3.05, 3.63) is 65.4 Å². The lowest BCUT2D eigenvalue weighted by Crippen LogP contribution is -2.36. The van der Waals surface area contributed by atoms with Crippen molar-refractivity contribution in [1.29, 1.82) is 0 Å². The van der Waals surface area contributed by atoms with Gasteiger partial charge in [0.15, 0.2) is 5.82 Å². The second-order valence-electron chi connectivity index (χ2n) is 11.0. The minimum atomic E-state index is -3.97. The number of anilines is 1. The number of pyridine rings is 2. The van der Waals surface area contributed by atoms with Crippen LogP contribution in [-0.2, 0) is 22.9 Å². The number of rotatable bonds is 8. The standard InChI is InChI=1S/C27H30FN7O2S/c1-16-14-35(34-33-16)25-7-6-20(13-30-25)32-21-9-18-8-19-12-29-24(17-4-5-17)11-23(19)26(22(18)10-21)38(36,37)31-15-27(2,3)28/h6-8,11-14,17,21,31-32H,4-5,9-10,15H2,1-3H3/t21-/m1/s1. The van der Waals surface area contributed by atoms with E-state index in [1.165, 1.54) is 13.8 Å². The van der Waals surface area contributed by atoms with Gasteiger partial charge in [0.25, 0.3) is 0 Å². The van der Waals surface area contributed by atoms with E-state index in [0.717, 1.165) is 46.4 Å². The highest BCUT2D eigenvalue weighted by atomic mass is 32.2. The summed E-state index contributed by atoms with van der Waals surface area (Å²) in [6.07, 6.45) is 8.61. The molecule has 2 N–H and O–H groups in total. The molecule has 3 aromatic heterocycles. The first kappa shape index (κ1) is 24.9. The molecule has 0 radical (unpaired) electrons. The molecule has 6 rings (SSSR count). The minimum Gasteiger partial charge on any atom is -0.380 e. The number of nitrogens with one attached hydrogen (secondary N) is 2. The van der Waals surface area contributed by atoms with Crippen LogP contribution in [0.1, 0.15) is 55.1 Å². The van der Waals surface area contributed by atoms with Crippen LogP contribution in [0.15, 0.2) is 47.8 Å². The molecule has 4 aromatic rings. The molecule has 1 atom stereocenters. The third-order valence-corrected chi connectivity index (χ3v) is 8.55. The van der Waals surface area contributed by atoms with Crippen molar-refractivity contribution in [2.24, 2.45) is 0 Å². The average molecular weight is 536 g/mol. The molecule has 11 heteroatoms.